The first kappa shape index (κ1) is 10.5. The van der Waals surface area contributed by atoms with E-state index in [2.05, 4.69) is 19.2 Å². The van der Waals surface area contributed by atoms with E-state index in [0.29, 0.717) is 12.0 Å². The van der Waals surface area contributed by atoms with Crippen molar-refractivity contribution in [2.75, 3.05) is 0 Å². The van der Waals surface area contributed by atoms with Gasteiger partial charge in [-0.1, -0.05) is 13.8 Å². The highest BCUT2D eigenvalue weighted by Gasteiger charge is 2.46. The van der Waals surface area contributed by atoms with Crippen molar-refractivity contribution in [2.24, 2.45) is 5.92 Å². The molecule has 1 fully saturated rings. The molecule has 1 aliphatic rings. The van der Waals surface area contributed by atoms with Crippen LogP contribution >= 0.6 is 0 Å². The molecule has 1 rings (SSSR count). The Kier molecular flexibility index (Phi) is 2.66. The van der Waals surface area contributed by atoms with Gasteiger partial charge >= 0.3 is 5.97 Å². The van der Waals surface area contributed by atoms with Gasteiger partial charge in [0, 0.05) is 6.04 Å². The molecule has 1 N–H and O–H groups in total. The zero-order valence-electron chi connectivity index (χ0n) is 9.05. The van der Waals surface area contributed by atoms with Crippen LogP contribution in [0.15, 0.2) is 0 Å². The Morgan fingerprint density at radius 1 is 1.38 bits per heavy atom. The van der Waals surface area contributed by atoms with Gasteiger partial charge in [0.15, 0.2) is 0 Å². The number of hydrogen-bond acceptors (Lipinski definition) is 3. The summed E-state index contributed by atoms with van der Waals surface area (Å²) < 4.78 is 5.24. The van der Waals surface area contributed by atoms with Gasteiger partial charge in [-0.25, -0.2) is 0 Å². The molecule has 0 aromatic rings. The Morgan fingerprint density at radius 2 is 1.92 bits per heavy atom. The van der Waals surface area contributed by atoms with Crippen LogP contribution in [0.25, 0.3) is 0 Å². The molecule has 0 amide bonds. The van der Waals surface area contributed by atoms with Gasteiger partial charge in [0.2, 0.25) is 0 Å². The SMILES string of the molecule is CC(C)[C@@H]1N[C@H]1C(=O)OC(C)(C)C. The molecule has 1 heterocycles. The van der Waals surface area contributed by atoms with Crippen LogP contribution in [-0.2, 0) is 9.53 Å². The van der Waals surface area contributed by atoms with Crippen LogP contribution in [0.5, 0.6) is 0 Å². The van der Waals surface area contributed by atoms with Crippen molar-refractivity contribution >= 4 is 5.97 Å². The Balaban J connectivity index is 2.36. The summed E-state index contributed by atoms with van der Waals surface area (Å²) >= 11 is 0. The van der Waals surface area contributed by atoms with Crippen LogP contribution in [0.3, 0.4) is 0 Å². The topological polar surface area (TPSA) is 48.2 Å². The first-order chi connectivity index (χ1) is 5.81. The third-order valence-corrected chi connectivity index (χ3v) is 2.00. The van der Waals surface area contributed by atoms with Crippen molar-refractivity contribution in [3.05, 3.63) is 0 Å². The van der Waals surface area contributed by atoms with E-state index in [1.54, 1.807) is 0 Å². The average molecular weight is 185 g/mol. The minimum absolute atomic E-state index is 0.0702. The summed E-state index contributed by atoms with van der Waals surface area (Å²) in [6, 6.07) is 0.245. The number of rotatable bonds is 2. The summed E-state index contributed by atoms with van der Waals surface area (Å²) in [5.41, 5.74) is -0.372. The van der Waals surface area contributed by atoms with E-state index in [1.807, 2.05) is 20.8 Å². The monoisotopic (exact) mass is 185 g/mol. The fraction of sp³-hybridized carbons (Fsp3) is 0.900. The maximum atomic E-state index is 11.5. The standard InChI is InChI=1S/C10H19NO2/c1-6(2)7-8(11-7)9(12)13-10(3,4)5/h6-8,11H,1-5H3/t7-,8+/m0/s1. The lowest BCUT2D eigenvalue weighted by Crippen LogP contribution is -2.28. The summed E-state index contributed by atoms with van der Waals surface area (Å²) in [6.07, 6.45) is 0. The van der Waals surface area contributed by atoms with E-state index in [1.165, 1.54) is 0 Å². The van der Waals surface area contributed by atoms with Crippen molar-refractivity contribution in [1.29, 1.82) is 0 Å². The first-order valence-corrected chi connectivity index (χ1v) is 4.80. The number of nitrogens with one attached hydrogen (secondary N) is 1. The molecule has 0 radical (unpaired) electrons. The molecule has 13 heavy (non-hydrogen) atoms. The molecule has 1 aliphatic heterocycles. The second-order valence-electron chi connectivity index (χ2n) is 4.95. The minimum Gasteiger partial charge on any atom is -0.459 e. The zero-order chi connectivity index (χ0) is 10.2. The quantitative estimate of drug-likeness (QED) is 0.521. The predicted octanol–water partition coefficient (Wildman–Crippen LogP) is 1.32. The predicted molar refractivity (Wildman–Crippen MR) is 51.4 cm³/mol. The Bertz CT molecular complexity index is 205. The summed E-state index contributed by atoms with van der Waals surface area (Å²) in [4.78, 5) is 11.5. The van der Waals surface area contributed by atoms with Gasteiger partial charge in [-0.3, -0.25) is 10.1 Å². The maximum Gasteiger partial charge on any atom is 0.325 e. The van der Waals surface area contributed by atoms with E-state index < -0.39 is 0 Å². The zero-order valence-corrected chi connectivity index (χ0v) is 9.05. The van der Waals surface area contributed by atoms with E-state index in [9.17, 15) is 4.79 Å². The lowest BCUT2D eigenvalue weighted by Gasteiger charge is -2.19. The van der Waals surface area contributed by atoms with Crippen molar-refractivity contribution in [3.63, 3.8) is 0 Å². The van der Waals surface area contributed by atoms with Gasteiger partial charge in [0.1, 0.15) is 11.6 Å². The number of carbonyl (C=O) groups excluding carboxylic acids is 1. The number of esters is 1. The second-order valence-corrected chi connectivity index (χ2v) is 4.95. The molecule has 2 atom stereocenters. The third kappa shape index (κ3) is 2.99. The van der Waals surface area contributed by atoms with Crippen LogP contribution in [0.4, 0.5) is 0 Å². The van der Waals surface area contributed by atoms with Crippen LogP contribution in [0.1, 0.15) is 34.6 Å². The van der Waals surface area contributed by atoms with E-state index >= 15 is 0 Å². The van der Waals surface area contributed by atoms with Gasteiger partial charge in [-0.15, -0.1) is 0 Å². The molecule has 0 saturated carbocycles. The smallest absolute Gasteiger partial charge is 0.325 e. The molecular formula is C10H19NO2. The van der Waals surface area contributed by atoms with Gasteiger partial charge in [-0.05, 0) is 26.7 Å². The van der Waals surface area contributed by atoms with Crippen LogP contribution in [-0.4, -0.2) is 23.7 Å². The first-order valence-electron chi connectivity index (χ1n) is 4.80. The highest BCUT2D eigenvalue weighted by molar-refractivity contribution is 5.80. The van der Waals surface area contributed by atoms with Crippen molar-refractivity contribution in [3.8, 4) is 0 Å². The van der Waals surface area contributed by atoms with Gasteiger partial charge in [0.25, 0.3) is 0 Å². The average Bonchev–Trinajstić information content (AvgIpc) is 2.58. The second kappa shape index (κ2) is 3.29. The van der Waals surface area contributed by atoms with Crippen molar-refractivity contribution < 1.29 is 9.53 Å². The highest BCUT2D eigenvalue weighted by atomic mass is 16.6. The van der Waals surface area contributed by atoms with E-state index in [4.69, 9.17) is 4.74 Å². The Hall–Kier alpha value is -0.570. The van der Waals surface area contributed by atoms with Gasteiger partial charge in [0.05, 0.1) is 0 Å². The molecule has 0 bridgehead atoms. The summed E-state index contributed by atoms with van der Waals surface area (Å²) in [6.45, 7) is 9.86. The van der Waals surface area contributed by atoms with Gasteiger partial charge < -0.3 is 4.74 Å². The van der Waals surface area contributed by atoms with Crippen molar-refractivity contribution in [2.45, 2.75) is 52.3 Å². The van der Waals surface area contributed by atoms with Crippen molar-refractivity contribution in [1.82, 2.24) is 5.32 Å². The molecule has 0 spiro atoms. The maximum absolute atomic E-state index is 11.5. The van der Waals surface area contributed by atoms with Crippen LogP contribution in [0, 0.1) is 5.92 Å². The molecular weight excluding hydrogens is 166 g/mol. The lowest BCUT2D eigenvalue weighted by atomic mass is 10.1. The Labute approximate surface area is 79.8 Å². The Morgan fingerprint density at radius 3 is 2.23 bits per heavy atom. The summed E-state index contributed by atoms with van der Waals surface area (Å²) in [7, 11) is 0. The fourth-order valence-corrected chi connectivity index (χ4v) is 1.31. The molecule has 0 aromatic carbocycles. The molecule has 3 nitrogen and oxygen atoms in total. The molecule has 0 unspecified atom stereocenters. The lowest BCUT2D eigenvalue weighted by molar-refractivity contribution is -0.154. The van der Waals surface area contributed by atoms with E-state index in [-0.39, 0.29) is 17.6 Å². The molecule has 0 aromatic heterocycles. The summed E-state index contributed by atoms with van der Waals surface area (Å²) in [5.74, 6) is 0.378. The highest BCUT2D eigenvalue weighted by Crippen LogP contribution is 2.22. The van der Waals surface area contributed by atoms with Gasteiger partial charge in [-0.2, -0.15) is 0 Å². The third-order valence-electron chi connectivity index (χ3n) is 2.00. The van der Waals surface area contributed by atoms with E-state index in [0.717, 1.165) is 0 Å². The normalized spacial score (nSPS) is 27.5. The molecule has 76 valence electrons. The summed E-state index contributed by atoms with van der Waals surface area (Å²) in [5, 5.41) is 3.12. The number of ether oxygens (including phenoxy) is 1. The number of carbonyl (C=O) groups is 1. The van der Waals surface area contributed by atoms with Crippen LogP contribution < -0.4 is 5.32 Å². The van der Waals surface area contributed by atoms with Crippen LogP contribution in [0.2, 0.25) is 0 Å². The molecule has 1 saturated heterocycles. The minimum atomic E-state index is -0.372. The largest absolute Gasteiger partial charge is 0.459 e. The number of hydrogen-bond donors (Lipinski definition) is 1. The fourth-order valence-electron chi connectivity index (χ4n) is 1.31. The molecule has 3 heteroatoms. The molecule has 0 aliphatic carbocycles.